The number of amides is 3. The fourth-order valence-corrected chi connectivity index (χ4v) is 5.94. The lowest BCUT2D eigenvalue weighted by atomic mass is 10.1. The van der Waals surface area contributed by atoms with Crippen LogP contribution in [0.3, 0.4) is 0 Å². The first-order valence-electron chi connectivity index (χ1n) is 12.2. The summed E-state index contributed by atoms with van der Waals surface area (Å²) in [6, 6.07) is 8.60. The Morgan fingerprint density at radius 3 is 2.61 bits per heavy atom. The Balaban J connectivity index is 1.24. The van der Waals surface area contributed by atoms with Crippen LogP contribution in [0, 0.1) is 0 Å². The Morgan fingerprint density at radius 2 is 1.81 bits per heavy atom. The molecule has 0 spiro atoms. The number of hydrogen-bond donors (Lipinski definition) is 3. The molecule has 6 rings (SSSR count). The highest BCUT2D eigenvalue weighted by Crippen LogP contribution is 2.44. The van der Waals surface area contributed by atoms with Gasteiger partial charge in [0.15, 0.2) is 5.78 Å². The number of nitrogens with one attached hydrogen (secondary N) is 3. The first-order chi connectivity index (χ1) is 17.6. The molecule has 2 saturated heterocycles. The summed E-state index contributed by atoms with van der Waals surface area (Å²) in [5.74, 6) is -0.169. The van der Waals surface area contributed by atoms with Crippen molar-refractivity contribution in [3.8, 4) is 21.8 Å². The number of nitrogens with zero attached hydrogens (tertiary/aromatic N) is 3. The quantitative estimate of drug-likeness (QED) is 0.391. The highest BCUT2D eigenvalue weighted by atomic mass is 32.1. The standard InChI is InChI=1S/C25H26N6O4S/c32-23-19-15(5-4-6-16(19)26-25(34)29-31-11-13-35-14-12-31)21-20(23)22(28-27-21)17-7-8-18(36-17)24(33)30-9-2-1-3-10-30/h4-8H,1-3,9-14H2,(H,27,28)(H2,26,29,34). The molecule has 10 nitrogen and oxygen atoms in total. The zero-order chi connectivity index (χ0) is 24.6. The maximum absolute atomic E-state index is 13.6. The van der Waals surface area contributed by atoms with Crippen molar-refractivity contribution in [2.75, 3.05) is 44.7 Å². The van der Waals surface area contributed by atoms with E-state index in [1.807, 2.05) is 23.1 Å². The molecule has 0 bridgehead atoms. The molecule has 4 heterocycles. The van der Waals surface area contributed by atoms with E-state index in [-0.39, 0.29) is 11.7 Å². The molecule has 186 valence electrons. The van der Waals surface area contributed by atoms with E-state index < -0.39 is 6.03 Å². The maximum Gasteiger partial charge on any atom is 0.333 e. The summed E-state index contributed by atoms with van der Waals surface area (Å²) in [4.78, 5) is 42.5. The fraction of sp³-hybridized carbons (Fsp3) is 0.360. The van der Waals surface area contributed by atoms with Crippen LogP contribution in [0.5, 0.6) is 0 Å². The predicted molar refractivity (Wildman–Crippen MR) is 135 cm³/mol. The number of aromatic amines is 1. The van der Waals surface area contributed by atoms with Gasteiger partial charge in [0.25, 0.3) is 5.91 Å². The fourth-order valence-electron chi connectivity index (χ4n) is 4.97. The van der Waals surface area contributed by atoms with E-state index >= 15 is 0 Å². The Morgan fingerprint density at radius 1 is 1.00 bits per heavy atom. The molecule has 36 heavy (non-hydrogen) atoms. The minimum absolute atomic E-state index is 0.0366. The SMILES string of the molecule is O=C(Nc1cccc2c1C(=O)c1c-2n[nH]c1-c1ccc(C(=O)N2CCCCC2)s1)NN1CCOCC1. The van der Waals surface area contributed by atoms with Gasteiger partial charge in [0, 0.05) is 31.7 Å². The predicted octanol–water partition coefficient (Wildman–Crippen LogP) is 3.34. The van der Waals surface area contributed by atoms with Gasteiger partial charge in [-0.3, -0.25) is 20.1 Å². The number of H-pyrrole nitrogens is 1. The minimum atomic E-state index is -0.413. The van der Waals surface area contributed by atoms with Gasteiger partial charge in [-0.05, 0) is 37.5 Å². The van der Waals surface area contributed by atoms with Crippen LogP contribution >= 0.6 is 11.3 Å². The van der Waals surface area contributed by atoms with Gasteiger partial charge in [0.2, 0.25) is 0 Å². The normalized spacial score (nSPS) is 17.6. The van der Waals surface area contributed by atoms with Crippen LogP contribution in [0.2, 0.25) is 0 Å². The third-order valence-corrected chi connectivity index (χ3v) is 7.86. The molecule has 3 aromatic rings. The van der Waals surface area contributed by atoms with Gasteiger partial charge >= 0.3 is 6.03 Å². The highest BCUT2D eigenvalue weighted by molar-refractivity contribution is 7.17. The molecule has 3 N–H and O–H groups in total. The molecule has 0 saturated carbocycles. The molecule has 3 aliphatic rings. The van der Waals surface area contributed by atoms with Crippen molar-refractivity contribution in [2.45, 2.75) is 19.3 Å². The Labute approximate surface area is 211 Å². The van der Waals surface area contributed by atoms with E-state index in [2.05, 4.69) is 20.9 Å². The molecular formula is C25H26N6O4S. The van der Waals surface area contributed by atoms with E-state index in [1.54, 1.807) is 17.1 Å². The third kappa shape index (κ3) is 4.08. The van der Waals surface area contributed by atoms with Crippen molar-refractivity contribution in [3.05, 3.63) is 46.3 Å². The van der Waals surface area contributed by atoms with Crippen molar-refractivity contribution in [1.29, 1.82) is 0 Å². The van der Waals surface area contributed by atoms with Gasteiger partial charge in [-0.2, -0.15) is 5.10 Å². The topological polar surface area (TPSA) is 120 Å². The van der Waals surface area contributed by atoms with E-state index in [0.717, 1.165) is 37.2 Å². The lowest BCUT2D eigenvalue weighted by molar-refractivity contribution is 0.0207. The van der Waals surface area contributed by atoms with Crippen LogP contribution in [0.1, 0.15) is 44.9 Å². The van der Waals surface area contributed by atoms with Gasteiger partial charge in [0.05, 0.1) is 45.5 Å². The molecule has 0 atom stereocenters. The first kappa shape index (κ1) is 22.9. The zero-order valence-corrected chi connectivity index (χ0v) is 20.5. The number of aromatic nitrogens is 2. The number of carbonyl (C=O) groups is 3. The number of ketones is 1. The number of urea groups is 1. The molecule has 2 aliphatic heterocycles. The summed E-state index contributed by atoms with van der Waals surface area (Å²) >= 11 is 1.36. The number of carbonyl (C=O) groups excluding carboxylic acids is 3. The van der Waals surface area contributed by atoms with Crippen molar-refractivity contribution in [3.63, 3.8) is 0 Å². The summed E-state index contributed by atoms with van der Waals surface area (Å²) < 4.78 is 5.31. The number of hydrogen-bond acceptors (Lipinski definition) is 7. The van der Waals surface area contributed by atoms with Crippen LogP contribution < -0.4 is 10.7 Å². The lowest BCUT2D eigenvalue weighted by Gasteiger charge is -2.27. The smallest absolute Gasteiger partial charge is 0.333 e. The number of morpholine rings is 1. The minimum Gasteiger partial charge on any atom is -0.379 e. The molecule has 3 amide bonds. The number of anilines is 1. The average molecular weight is 507 g/mol. The van der Waals surface area contributed by atoms with Crippen LogP contribution in [0.15, 0.2) is 30.3 Å². The number of thiophene rings is 1. The number of piperidine rings is 1. The summed E-state index contributed by atoms with van der Waals surface area (Å²) in [5, 5.41) is 12.0. The van der Waals surface area contributed by atoms with Crippen molar-refractivity contribution < 1.29 is 19.1 Å². The van der Waals surface area contributed by atoms with Gasteiger partial charge in [-0.15, -0.1) is 11.3 Å². The monoisotopic (exact) mass is 506 g/mol. The van der Waals surface area contributed by atoms with E-state index in [4.69, 9.17) is 4.74 Å². The number of benzene rings is 1. The number of fused-ring (bicyclic) bond motifs is 3. The van der Waals surface area contributed by atoms with E-state index in [9.17, 15) is 14.4 Å². The van der Waals surface area contributed by atoms with Crippen molar-refractivity contribution >= 4 is 34.7 Å². The van der Waals surface area contributed by atoms with Gasteiger partial charge in [0.1, 0.15) is 5.69 Å². The number of likely N-dealkylation sites (tertiary alicyclic amines) is 1. The molecule has 0 unspecified atom stereocenters. The van der Waals surface area contributed by atoms with Crippen molar-refractivity contribution in [1.82, 2.24) is 25.5 Å². The molecule has 2 fully saturated rings. The maximum atomic E-state index is 13.6. The second-order valence-corrected chi connectivity index (χ2v) is 10.1. The molecule has 2 aromatic heterocycles. The van der Waals surface area contributed by atoms with Crippen LogP contribution in [-0.2, 0) is 4.74 Å². The van der Waals surface area contributed by atoms with Gasteiger partial charge < -0.3 is 15.0 Å². The Bertz CT molecular complexity index is 1340. The lowest BCUT2D eigenvalue weighted by Crippen LogP contribution is -2.49. The van der Waals surface area contributed by atoms with E-state index in [0.29, 0.717) is 64.9 Å². The summed E-state index contributed by atoms with van der Waals surface area (Å²) in [7, 11) is 0. The van der Waals surface area contributed by atoms with Gasteiger partial charge in [-0.25, -0.2) is 9.80 Å². The van der Waals surface area contributed by atoms with E-state index in [1.165, 1.54) is 11.3 Å². The molecular weight excluding hydrogens is 480 g/mol. The molecule has 1 aromatic carbocycles. The molecule has 11 heteroatoms. The summed E-state index contributed by atoms with van der Waals surface area (Å²) in [6.45, 7) is 3.87. The van der Waals surface area contributed by atoms with Crippen LogP contribution in [-0.4, -0.2) is 77.2 Å². The van der Waals surface area contributed by atoms with Crippen LogP contribution in [0.4, 0.5) is 10.5 Å². The molecule has 0 radical (unpaired) electrons. The zero-order valence-electron chi connectivity index (χ0n) is 19.6. The average Bonchev–Trinajstić information content (AvgIpc) is 3.62. The van der Waals surface area contributed by atoms with Gasteiger partial charge in [-0.1, -0.05) is 12.1 Å². The number of rotatable bonds is 4. The van der Waals surface area contributed by atoms with Crippen molar-refractivity contribution in [2.24, 2.45) is 0 Å². The van der Waals surface area contributed by atoms with Crippen LogP contribution in [0.25, 0.3) is 21.8 Å². The first-order valence-corrected chi connectivity index (χ1v) is 13.0. The third-order valence-electron chi connectivity index (χ3n) is 6.77. The second kappa shape index (κ2) is 9.49. The Kier molecular flexibility index (Phi) is 6.04. The number of ether oxygens (including phenoxy) is 1. The number of hydrazine groups is 1. The summed E-state index contributed by atoms with van der Waals surface area (Å²) in [5.41, 5.74) is 5.94. The largest absolute Gasteiger partial charge is 0.379 e. The second-order valence-electron chi connectivity index (χ2n) is 9.06. The molecule has 1 aliphatic carbocycles. The Hall–Kier alpha value is -3.54. The highest BCUT2D eigenvalue weighted by Gasteiger charge is 2.36. The summed E-state index contributed by atoms with van der Waals surface area (Å²) in [6.07, 6.45) is 3.23.